The van der Waals surface area contributed by atoms with Crippen LogP contribution in [0.2, 0.25) is 0 Å². The van der Waals surface area contributed by atoms with Gasteiger partial charge in [0.05, 0.1) is 10.5 Å². The van der Waals surface area contributed by atoms with Crippen molar-refractivity contribution in [2.45, 2.75) is 4.90 Å². The molecule has 0 atom stereocenters. The van der Waals surface area contributed by atoms with E-state index in [0.29, 0.717) is 5.56 Å². The Morgan fingerprint density at radius 3 is 2.16 bits per heavy atom. The van der Waals surface area contributed by atoms with Crippen LogP contribution in [-0.4, -0.2) is 25.7 Å². The Labute approximate surface area is 111 Å². The molecular weight excluding hydrogens is 264 g/mol. The Morgan fingerprint density at radius 2 is 1.63 bits per heavy atom. The normalized spacial score (nSPS) is 11.2. The Hall–Kier alpha value is -2.14. The summed E-state index contributed by atoms with van der Waals surface area (Å²) in [6.45, 7) is 0. The number of carboxylic acids is 1. The maximum atomic E-state index is 11.5. The van der Waals surface area contributed by atoms with Gasteiger partial charge in [-0.1, -0.05) is 36.4 Å². The first-order valence-electron chi connectivity index (χ1n) is 5.52. The second kappa shape index (κ2) is 4.85. The van der Waals surface area contributed by atoms with Crippen molar-refractivity contribution in [2.24, 2.45) is 0 Å². The third-order valence-electron chi connectivity index (χ3n) is 2.72. The third kappa shape index (κ3) is 2.82. The predicted octanol–water partition coefficient (Wildman–Crippen LogP) is 2.46. The monoisotopic (exact) mass is 276 g/mol. The molecule has 0 aromatic heterocycles. The van der Waals surface area contributed by atoms with Crippen LogP contribution in [0.1, 0.15) is 10.4 Å². The summed E-state index contributed by atoms with van der Waals surface area (Å²) in [5, 5.41) is 9.14. The van der Waals surface area contributed by atoms with E-state index in [1.54, 1.807) is 6.07 Å². The van der Waals surface area contributed by atoms with Gasteiger partial charge < -0.3 is 5.11 Å². The van der Waals surface area contributed by atoms with E-state index in [0.717, 1.165) is 11.8 Å². The van der Waals surface area contributed by atoms with Gasteiger partial charge in [-0.25, -0.2) is 13.2 Å². The molecule has 0 unspecified atom stereocenters. The fourth-order valence-corrected chi connectivity index (χ4v) is 2.69. The highest BCUT2D eigenvalue weighted by molar-refractivity contribution is 7.90. The molecule has 19 heavy (non-hydrogen) atoms. The standard InChI is InChI=1S/C14H12O4S/c1-19(17,18)13-8-7-11(9-12(13)14(15)16)10-5-3-2-4-6-10/h2-9H,1H3,(H,15,16). The van der Waals surface area contributed by atoms with E-state index in [4.69, 9.17) is 5.11 Å². The summed E-state index contributed by atoms with van der Waals surface area (Å²) in [6, 6.07) is 13.5. The van der Waals surface area contributed by atoms with Crippen molar-refractivity contribution in [1.82, 2.24) is 0 Å². The molecule has 4 nitrogen and oxygen atoms in total. The minimum absolute atomic E-state index is 0.167. The molecule has 1 N–H and O–H groups in total. The van der Waals surface area contributed by atoms with E-state index < -0.39 is 15.8 Å². The van der Waals surface area contributed by atoms with Crippen molar-refractivity contribution >= 4 is 15.8 Å². The van der Waals surface area contributed by atoms with Gasteiger partial charge in [0.25, 0.3) is 0 Å². The number of carboxylic acid groups (broad SMARTS) is 1. The smallest absolute Gasteiger partial charge is 0.337 e. The van der Waals surface area contributed by atoms with Crippen LogP contribution in [0.5, 0.6) is 0 Å². The molecule has 0 heterocycles. The molecule has 0 aliphatic heterocycles. The highest BCUT2D eigenvalue weighted by atomic mass is 32.2. The molecule has 0 amide bonds. The second-order valence-electron chi connectivity index (χ2n) is 4.15. The van der Waals surface area contributed by atoms with Crippen molar-refractivity contribution < 1.29 is 18.3 Å². The molecule has 0 radical (unpaired) electrons. The molecule has 98 valence electrons. The van der Waals surface area contributed by atoms with Gasteiger partial charge in [0.1, 0.15) is 0 Å². The van der Waals surface area contributed by atoms with Crippen LogP contribution in [0.3, 0.4) is 0 Å². The first-order valence-corrected chi connectivity index (χ1v) is 7.41. The lowest BCUT2D eigenvalue weighted by molar-refractivity contribution is 0.0692. The summed E-state index contributed by atoms with van der Waals surface area (Å²) in [5.41, 5.74) is 1.30. The highest BCUT2D eigenvalue weighted by Gasteiger charge is 2.18. The lowest BCUT2D eigenvalue weighted by Gasteiger charge is -2.07. The Bertz CT molecular complexity index is 718. The van der Waals surface area contributed by atoms with Crippen LogP contribution in [0, 0.1) is 0 Å². The minimum atomic E-state index is -3.56. The second-order valence-corrected chi connectivity index (χ2v) is 6.14. The molecule has 2 aromatic carbocycles. The Kier molecular flexibility index (Phi) is 3.40. The summed E-state index contributed by atoms with van der Waals surface area (Å²) in [4.78, 5) is 11.0. The van der Waals surface area contributed by atoms with E-state index >= 15 is 0 Å². The fourth-order valence-electron chi connectivity index (χ4n) is 1.83. The largest absolute Gasteiger partial charge is 0.478 e. The topological polar surface area (TPSA) is 71.4 Å². The van der Waals surface area contributed by atoms with Gasteiger partial charge in [-0.3, -0.25) is 0 Å². The summed E-state index contributed by atoms with van der Waals surface area (Å²) in [7, 11) is -3.56. The molecule has 2 rings (SSSR count). The average Bonchev–Trinajstić information content (AvgIpc) is 2.38. The van der Waals surface area contributed by atoms with E-state index in [-0.39, 0.29) is 10.5 Å². The fraction of sp³-hybridized carbons (Fsp3) is 0.0714. The van der Waals surface area contributed by atoms with E-state index in [9.17, 15) is 13.2 Å². The zero-order valence-corrected chi connectivity index (χ0v) is 11.0. The van der Waals surface area contributed by atoms with Gasteiger partial charge >= 0.3 is 5.97 Å². The van der Waals surface area contributed by atoms with Gasteiger partial charge in [-0.15, -0.1) is 0 Å². The molecule has 5 heteroatoms. The number of carbonyl (C=O) groups is 1. The van der Waals surface area contributed by atoms with Crippen LogP contribution in [0.25, 0.3) is 11.1 Å². The lowest BCUT2D eigenvalue weighted by atomic mass is 10.0. The van der Waals surface area contributed by atoms with Crippen LogP contribution in [0.15, 0.2) is 53.4 Å². The highest BCUT2D eigenvalue weighted by Crippen LogP contribution is 2.25. The molecule has 2 aromatic rings. The first kappa shape index (κ1) is 13.3. The zero-order chi connectivity index (χ0) is 14.0. The average molecular weight is 276 g/mol. The van der Waals surface area contributed by atoms with E-state index in [2.05, 4.69) is 0 Å². The lowest BCUT2D eigenvalue weighted by Crippen LogP contribution is -2.07. The Balaban J connectivity index is 2.65. The maximum Gasteiger partial charge on any atom is 0.337 e. The van der Waals surface area contributed by atoms with Crippen molar-refractivity contribution in [3.63, 3.8) is 0 Å². The SMILES string of the molecule is CS(=O)(=O)c1ccc(-c2ccccc2)cc1C(=O)O. The molecule has 0 aliphatic carbocycles. The van der Waals surface area contributed by atoms with Gasteiger partial charge in [0, 0.05) is 6.26 Å². The molecule has 0 fully saturated rings. The molecule has 0 aliphatic rings. The minimum Gasteiger partial charge on any atom is -0.478 e. The number of aromatic carboxylic acids is 1. The summed E-state index contributed by atoms with van der Waals surface area (Å²) in [5.74, 6) is -1.25. The number of sulfone groups is 1. The maximum absolute atomic E-state index is 11.5. The zero-order valence-electron chi connectivity index (χ0n) is 10.2. The summed E-state index contributed by atoms with van der Waals surface area (Å²) >= 11 is 0. The number of benzene rings is 2. The quantitative estimate of drug-likeness (QED) is 0.934. The Morgan fingerprint density at radius 1 is 1.00 bits per heavy atom. The van der Waals surface area contributed by atoms with Gasteiger partial charge in [-0.05, 0) is 23.3 Å². The molecule has 0 saturated carbocycles. The number of rotatable bonds is 3. The van der Waals surface area contributed by atoms with Gasteiger partial charge in [0.2, 0.25) is 0 Å². The van der Waals surface area contributed by atoms with Crippen molar-refractivity contribution in [3.8, 4) is 11.1 Å². The summed E-state index contributed by atoms with van der Waals surface area (Å²) < 4.78 is 23.1. The van der Waals surface area contributed by atoms with Crippen molar-refractivity contribution in [2.75, 3.05) is 6.26 Å². The summed E-state index contributed by atoms with van der Waals surface area (Å²) in [6.07, 6.45) is 0.997. The van der Waals surface area contributed by atoms with Crippen molar-refractivity contribution in [3.05, 3.63) is 54.1 Å². The van der Waals surface area contributed by atoms with E-state index in [1.165, 1.54) is 12.1 Å². The molecular formula is C14H12O4S. The van der Waals surface area contributed by atoms with Crippen molar-refractivity contribution in [1.29, 1.82) is 0 Å². The van der Waals surface area contributed by atoms with Gasteiger partial charge in [0.15, 0.2) is 9.84 Å². The van der Waals surface area contributed by atoms with Crippen LogP contribution in [0.4, 0.5) is 0 Å². The van der Waals surface area contributed by atoms with Crippen LogP contribution < -0.4 is 0 Å². The third-order valence-corrected chi connectivity index (χ3v) is 3.87. The predicted molar refractivity (Wildman–Crippen MR) is 71.9 cm³/mol. The van der Waals surface area contributed by atoms with Crippen LogP contribution >= 0.6 is 0 Å². The first-order chi connectivity index (χ1) is 8.89. The number of hydrogen-bond acceptors (Lipinski definition) is 3. The van der Waals surface area contributed by atoms with E-state index in [1.807, 2.05) is 30.3 Å². The molecule has 0 bridgehead atoms. The van der Waals surface area contributed by atoms with Crippen LogP contribution in [-0.2, 0) is 9.84 Å². The van der Waals surface area contributed by atoms with Gasteiger partial charge in [-0.2, -0.15) is 0 Å². The molecule has 0 spiro atoms. The number of hydrogen-bond donors (Lipinski definition) is 1. The molecule has 0 saturated heterocycles.